The van der Waals surface area contributed by atoms with Crippen LogP contribution in [0.5, 0.6) is 0 Å². The maximum atomic E-state index is 12.1. The summed E-state index contributed by atoms with van der Waals surface area (Å²) in [6.45, 7) is 3.18. The lowest BCUT2D eigenvalue weighted by atomic mass is 10.2. The minimum Gasteiger partial charge on any atom is -0.300 e. The Morgan fingerprint density at radius 3 is 2.62 bits per heavy atom. The van der Waals surface area contributed by atoms with E-state index in [2.05, 4.69) is 20.5 Å². The molecule has 1 heterocycles. The molecule has 4 nitrogen and oxygen atoms in total. The Kier molecular flexibility index (Phi) is 3.30. The van der Waals surface area contributed by atoms with Crippen LogP contribution in [0.3, 0.4) is 0 Å². The molecule has 0 saturated carbocycles. The first-order valence-corrected chi connectivity index (χ1v) is 4.00. The van der Waals surface area contributed by atoms with Crippen LogP contribution in [0, 0.1) is 0 Å². The van der Waals surface area contributed by atoms with Gasteiger partial charge in [-0.1, -0.05) is 0 Å². The lowest BCUT2D eigenvalue weighted by molar-refractivity contribution is 0.100. The summed E-state index contributed by atoms with van der Waals surface area (Å²) < 4.78 is 24.2. The third-order valence-corrected chi connectivity index (χ3v) is 1.73. The lowest BCUT2D eigenvalue weighted by Crippen LogP contribution is -2.35. The summed E-state index contributed by atoms with van der Waals surface area (Å²) in [5.74, 6) is 0.563. The number of nitrogens with zero attached hydrogens (tertiary/aromatic N) is 2. The molecule has 0 aliphatic rings. The number of rotatable bonds is 4. The Balaban J connectivity index is 2.46. The number of hydrogen-bond acceptors (Lipinski definition) is 3. The largest absolute Gasteiger partial charge is 0.300 e. The van der Waals surface area contributed by atoms with E-state index in [1.165, 1.54) is 13.3 Å². The van der Waals surface area contributed by atoms with E-state index in [1.54, 1.807) is 6.92 Å². The number of halogens is 2. The highest BCUT2D eigenvalue weighted by molar-refractivity contribution is 4.89. The Labute approximate surface area is 74.8 Å². The zero-order valence-electron chi connectivity index (χ0n) is 7.46. The molecule has 0 aliphatic heterocycles. The van der Waals surface area contributed by atoms with Crippen molar-refractivity contribution in [2.45, 2.75) is 32.4 Å². The molecule has 0 saturated heterocycles. The number of aromatic nitrogens is 3. The summed E-state index contributed by atoms with van der Waals surface area (Å²) in [5.41, 5.74) is 0. The van der Waals surface area contributed by atoms with Crippen LogP contribution >= 0.6 is 0 Å². The van der Waals surface area contributed by atoms with E-state index in [-0.39, 0.29) is 6.04 Å². The van der Waals surface area contributed by atoms with Crippen LogP contribution < -0.4 is 5.32 Å². The monoisotopic (exact) mass is 190 g/mol. The molecule has 2 unspecified atom stereocenters. The summed E-state index contributed by atoms with van der Waals surface area (Å²) in [5, 5.41) is 8.94. The van der Waals surface area contributed by atoms with E-state index in [9.17, 15) is 8.78 Å². The molecule has 0 bridgehead atoms. The van der Waals surface area contributed by atoms with Gasteiger partial charge >= 0.3 is 0 Å². The molecule has 0 spiro atoms. The predicted octanol–water partition coefficient (Wildman–Crippen LogP) is 1.11. The molecule has 0 aliphatic carbocycles. The van der Waals surface area contributed by atoms with Gasteiger partial charge in [-0.05, 0) is 13.8 Å². The van der Waals surface area contributed by atoms with Crippen LogP contribution in [0.4, 0.5) is 8.78 Å². The van der Waals surface area contributed by atoms with Crippen molar-refractivity contribution in [2.75, 3.05) is 0 Å². The smallest absolute Gasteiger partial charge is 0.253 e. The topological polar surface area (TPSA) is 53.6 Å². The fourth-order valence-corrected chi connectivity index (χ4v) is 0.970. The summed E-state index contributed by atoms with van der Waals surface area (Å²) >= 11 is 0. The van der Waals surface area contributed by atoms with Gasteiger partial charge in [0.1, 0.15) is 12.2 Å². The molecule has 2 N–H and O–H groups in total. The van der Waals surface area contributed by atoms with E-state index >= 15 is 0 Å². The first-order chi connectivity index (χ1) is 6.11. The zero-order valence-corrected chi connectivity index (χ0v) is 7.46. The maximum Gasteiger partial charge on any atom is 0.253 e. The van der Waals surface area contributed by atoms with Crippen LogP contribution in [-0.2, 0) is 0 Å². The van der Waals surface area contributed by atoms with Crippen LogP contribution in [0.15, 0.2) is 6.33 Å². The van der Waals surface area contributed by atoms with E-state index < -0.39 is 12.5 Å². The molecule has 0 amide bonds. The summed E-state index contributed by atoms with van der Waals surface area (Å²) in [7, 11) is 0. The second-order valence-corrected chi connectivity index (χ2v) is 2.88. The average molecular weight is 190 g/mol. The Hall–Kier alpha value is -1.04. The van der Waals surface area contributed by atoms with E-state index in [0.717, 1.165) is 0 Å². The number of alkyl halides is 2. The Morgan fingerprint density at radius 2 is 2.15 bits per heavy atom. The van der Waals surface area contributed by atoms with E-state index in [1.807, 2.05) is 0 Å². The quantitative estimate of drug-likeness (QED) is 0.747. The van der Waals surface area contributed by atoms with E-state index in [0.29, 0.717) is 5.82 Å². The van der Waals surface area contributed by atoms with Crippen molar-refractivity contribution in [3.8, 4) is 0 Å². The van der Waals surface area contributed by atoms with Gasteiger partial charge in [0.05, 0.1) is 12.1 Å². The molecule has 0 aromatic carbocycles. The molecular weight excluding hydrogens is 178 g/mol. The van der Waals surface area contributed by atoms with Crippen molar-refractivity contribution in [1.29, 1.82) is 0 Å². The number of hydrogen-bond donors (Lipinski definition) is 2. The third-order valence-electron chi connectivity index (χ3n) is 1.73. The van der Waals surface area contributed by atoms with Gasteiger partial charge in [0.2, 0.25) is 0 Å². The van der Waals surface area contributed by atoms with Crippen molar-refractivity contribution in [3.05, 3.63) is 12.2 Å². The summed E-state index contributed by atoms with van der Waals surface area (Å²) in [4.78, 5) is 3.85. The molecule has 1 aromatic rings. The first-order valence-electron chi connectivity index (χ1n) is 4.00. The van der Waals surface area contributed by atoms with Gasteiger partial charge in [-0.15, -0.1) is 0 Å². The molecule has 74 valence electrons. The Morgan fingerprint density at radius 1 is 1.46 bits per heavy atom. The molecule has 1 rings (SSSR count). The number of nitrogens with one attached hydrogen (secondary N) is 2. The number of aromatic amines is 1. The molecule has 0 radical (unpaired) electrons. The van der Waals surface area contributed by atoms with Crippen molar-refractivity contribution >= 4 is 0 Å². The molecular formula is C7H12F2N4. The van der Waals surface area contributed by atoms with Crippen molar-refractivity contribution in [3.63, 3.8) is 0 Å². The molecule has 0 fully saturated rings. The van der Waals surface area contributed by atoms with Gasteiger partial charge in [-0.25, -0.2) is 13.8 Å². The van der Waals surface area contributed by atoms with Gasteiger partial charge in [0.25, 0.3) is 6.43 Å². The van der Waals surface area contributed by atoms with Gasteiger partial charge < -0.3 is 0 Å². The highest BCUT2D eigenvalue weighted by atomic mass is 19.3. The zero-order chi connectivity index (χ0) is 9.84. The molecule has 1 aromatic heterocycles. The minimum absolute atomic E-state index is 0.244. The SMILES string of the molecule is CC(NC(C)C(F)F)c1ncn[nH]1. The van der Waals surface area contributed by atoms with Crippen LogP contribution in [-0.4, -0.2) is 27.6 Å². The normalized spacial score (nSPS) is 16.1. The Bertz CT molecular complexity index is 237. The second-order valence-electron chi connectivity index (χ2n) is 2.88. The van der Waals surface area contributed by atoms with Crippen LogP contribution in [0.2, 0.25) is 0 Å². The third kappa shape index (κ3) is 2.73. The predicted molar refractivity (Wildman–Crippen MR) is 43.4 cm³/mol. The average Bonchev–Trinajstić information content (AvgIpc) is 2.55. The van der Waals surface area contributed by atoms with Crippen LogP contribution in [0.25, 0.3) is 0 Å². The highest BCUT2D eigenvalue weighted by Crippen LogP contribution is 2.08. The second kappa shape index (κ2) is 4.27. The summed E-state index contributed by atoms with van der Waals surface area (Å²) in [6.07, 6.45) is -1.02. The van der Waals surface area contributed by atoms with E-state index in [4.69, 9.17) is 0 Å². The van der Waals surface area contributed by atoms with Crippen molar-refractivity contribution in [1.82, 2.24) is 20.5 Å². The van der Waals surface area contributed by atoms with Gasteiger partial charge in [0.15, 0.2) is 0 Å². The molecule has 6 heteroatoms. The van der Waals surface area contributed by atoms with Gasteiger partial charge in [-0.2, -0.15) is 5.10 Å². The minimum atomic E-state index is -2.37. The van der Waals surface area contributed by atoms with Crippen LogP contribution in [0.1, 0.15) is 25.7 Å². The molecule has 2 atom stereocenters. The van der Waals surface area contributed by atoms with Crippen molar-refractivity contribution in [2.24, 2.45) is 0 Å². The number of H-pyrrole nitrogens is 1. The van der Waals surface area contributed by atoms with Crippen molar-refractivity contribution < 1.29 is 8.78 Å². The fourth-order valence-electron chi connectivity index (χ4n) is 0.970. The lowest BCUT2D eigenvalue weighted by Gasteiger charge is -2.16. The molecule has 13 heavy (non-hydrogen) atoms. The first kappa shape index (κ1) is 10.0. The highest BCUT2D eigenvalue weighted by Gasteiger charge is 2.18. The van der Waals surface area contributed by atoms with Gasteiger partial charge in [-0.3, -0.25) is 10.4 Å². The summed E-state index contributed by atoms with van der Waals surface area (Å²) in [6, 6.07) is -1.09. The van der Waals surface area contributed by atoms with Gasteiger partial charge in [0, 0.05) is 0 Å². The fraction of sp³-hybridized carbons (Fsp3) is 0.714. The maximum absolute atomic E-state index is 12.1. The standard InChI is InChI=1S/C7H12F2N4/c1-4(6(8)9)12-5(2)7-10-3-11-13-7/h3-6,12H,1-2H3,(H,10,11,13).